The Labute approximate surface area is 212 Å². The molecule has 1 aromatic heterocycles. The van der Waals surface area contributed by atoms with E-state index in [1.807, 2.05) is 45.9 Å². The maximum Gasteiger partial charge on any atom is 0.490 e. The van der Waals surface area contributed by atoms with Gasteiger partial charge in [-0.15, -0.1) is 0 Å². The average Bonchev–Trinajstić information content (AvgIpc) is 3.00. The Morgan fingerprint density at radius 3 is 2.53 bits per heavy atom. The highest BCUT2D eigenvalue weighted by Gasteiger charge is 2.38. The number of nitrogen functional groups attached to an aromatic ring is 1. The monoisotopic (exact) mass is 534 g/mol. The van der Waals surface area contributed by atoms with E-state index in [0.717, 1.165) is 30.0 Å². The number of hydrogen-bond acceptors (Lipinski definition) is 8. The Bertz CT molecular complexity index is 1020. The van der Waals surface area contributed by atoms with Gasteiger partial charge in [0.25, 0.3) is 0 Å². The second-order valence-corrected chi connectivity index (χ2v) is 8.49. The summed E-state index contributed by atoms with van der Waals surface area (Å²) >= 11 is 6.71. The minimum atomic E-state index is -5.08. The van der Waals surface area contributed by atoms with Crippen molar-refractivity contribution in [3.8, 4) is 11.5 Å². The van der Waals surface area contributed by atoms with Gasteiger partial charge < -0.3 is 30.0 Å². The normalized spacial score (nSPS) is 16.1. The van der Waals surface area contributed by atoms with Crippen LogP contribution in [-0.2, 0) is 9.53 Å². The van der Waals surface area contributed by atoms with E-state index in [0.29, 0.717) is 36.3 Å². The highest BCUT2D eigenvalue weighted by molar-refractivity contribution is 6.31. The molecule has 0 bridgehead atoms. The SMILES string of the molecule is CCOc1cc(C2COCCCN2c2cc(C)nc(N)n2)c(Cl)cc1OC(C)C.O=C(O)C(F)(F)F. The van der Waals surface area contributed by atoms with Crippen molar-refractivity contribution in [3.05, 3.63) is 34.5 Å². The molecule has 36 heavy (non-hydrogen) atoms. The van der Waals surface area contributed by atoms with Crippen LogP contribution in [0.1, 0.15) is 44.5 Å². The smallest absolute Gasteiger partial charge is 0.490 e. The maximum atomic E-state index is 10.6. The van der Waals surface area contributed by atoms with E-state index in [-0.39, 0.29) is 18.1 Å². The van der Waals surface area contributed by atoms with Crippen molar-refractivity contribution in [1.82, 2.24) is 9.97 Å². The molecule has 0 saturated carbocycles. The van der Waals surface area contributed by atoms with E-state index < -0.39 is 12.1 Å². The summed E-state index contributed by atoms with van der Waals surface area (Å²) in [5, 5.41) is 7.73. The molecule has 1 saturated heterocycles. The van der Waals surface area contributed by atoms with Crippen molar-refractivity contribution < 1.29 is 37.3 Å². The molecule has 1 unspecified atom stereocenters. The fraction of sp³-hybridized carbons (Fsp3) is 0.522. The number of anilines is 2. The minimum absolute atomic E-state index is 0.0146. The molecular formula is C23H30ClF3N4O5. The first-order valence-electron chi connectivity index (χ1n) is 11.2. The number of alkyl halides is 3. The molecule has 3 rings (SSSR count). The molecule has 200 valence electrons. The zero-order valence-corrected chi connectivity index (χ0v) is 21.2. The van der Waals surface area contributed by atoms with Crippen molar-refractivity contribution in [1.29, 1.82) is 0 Å². The van der Waals surface area contributed by atoms with Crippen LogP contribution >= 0.6 is 11.6 Å². The van der Waals surface area contributed by atoms with Crippen molar-refractivity contribution in [2.24, 2.45) is 0 Å². The summed E-state index contributed by atoms with van der Waals surface area (Å²) in [5.74, 6) is -0.428. The summed E-state index contributed by atoms with van der Waals surface area (Å²) in [5.41, 5.74) is 7.63. The summed E-state index contributed by atoms with van der Waals surface area (Å²) < 4.78 is 49.4. The topological polar surface area (TPSA) is 120 Å². The number of aromatic nitrogens is 2. The van der Waals surface area contributed by atoms with E-state index in [2.05, 4.69) is 14.9 Å². The Morgan fingerprint density at radius 1 is 1.31 bits per heavy atom. The summed E-state index contributed by atoms with van der Waals surface area (Å²) in [6.07, 6.45) is -4.19. The van der Waals surface area contributed by atoms with Gasteiger partial charge in [-0.2, -0.15) is 18.2 Å². The summed E-state index contributed by atoms with van der Waals surface area (Å²) in [7, 11) is 0. The lowest BCUT2D eigenvalue weighted by Crippen LogP contribution is -2.32. The largest absolute Gasteiger partial charge is 0.490 e. The molecule has 1 atom stereocenters. The average molecular weight is 535 g/mol. The third kappa shape index (κ3) is 8.30. The first-order valence-corrected chi connectivity index (χ1v) is 11.6. The van der Waals surface area contributed by atoms with Crippen molar-refractivity contribution >= 4 is 29.3 Å². The molecule has 2 heterocycles. The number of carbonyl (C=O) groups is 1. The lowest BCUT2D eigenvalue weighted by Gasteiger charge is -2.32. The minimum Gasteiger partial charge on any atom is -0.490 e. The van der Waals surface area contributed by atoms with Crippen LogP contribution in [0, 0.1) is 6.92 Å². The molecule has 0 amide bonds. The Balaban J connectivity index is 0.000000572. The predicted molar refractivity (Wildman–Crippen MR) is 129 cm³/mol. The fourth-order valence-electron chi connectivity index (χ4n) is 3.45. The third-order valence-electron chi connectivity index (χ3n) is 4.82. The molecule has 13 heteroatoms. The number of benzene rings is 1. The molecule has 0 spiro atoms. The highest BCUT2D eigenvalue weighted by Crippen LogP contribution is 2.40. The quantitative estimate of drug-likeness (QED) is 0.538. The molecule has 9 nitrogen and oxygen atoms in total. The number of nitrogens with zero attached hydrogens (tertiary/aromatic N) is 3. The molecule has 0 radical (unpaired) electrons. The standard InChI is InChI=1S/C21H29ClN4O3.C2HF3O2/c1-5-28-18-10-15(16(22)11-19(18)29-13(2)3)17-12-27-8-6-7-26(17)20-9-14(4)24-21(23)25-20;3-2(4,5)1(6)7/h9-11,13,17H,5-8,12H2,1-4H3,(H2,23,24,25);(H,6,7). The lowest BCUT2D eigenvalue weighted by molar-refractivity contribution is -0.192. The van der Waals surface area contributed by atoms with Crippen LogP contribution in [0.15, 0.2) is 18.2 Å². The van der Waals surface area contributed by atoms with Crippen LogP contribution in [0.3, 0.4) is 0 Å². The van der Waals surface area contributed by atoms with E-state index in [9.17, 15) is 13.2 Å². The number of rotatable bonds is 6. The zero-order valence-electron chi connectivity index (χ0n) is 20.4. The van der Waals surface area contributed by atoms with E-state index in [1.54, 1.807) is 0 Å². The number of ether oxygens (including phenoxy) is 3. The molecule has 3 N–H and O–H groups in total. The first kappa shape index (κ1) is 29.2. The number of aryl methyl sites for hydroxylation is 1. The van der Waals surface area contributed by atoms with Crippen LogP contribution in [0.2, 0.25) is 5.02 Å². The number of hydrogen-bond donors (Lipinski definition) is 2. The van der Waals surface area contributed by atoms with Crippen LogP contribution in [0.5, 0.6) is 11.5 Å². The van der Waals surface area contributed by atoms with Gasteiger partial charge in [-0.05, 0) is 45.7 Å². The van der Waals surface area contributed by atoms with Gasteiger partial charge in [0.1, 0.15) is 5.82 Å². The molecule has 2 aromatic rings. The number of halogens is 4. The van der Waals surface area contributed by atoms with E-state index in [1.165, 1.54) is 0 Å². The number of aliphatic carboxylic acids is 1. The van der Waals surface area contributed by atoms with Gasteiger partial charge in [-0.3, -0.25) is 0 Å². The highest BCUT2D eigenvalue weighted by atomic mass is 35.5. The molecule has 1 aliphatic rings. The number of carboxylic acid groups (broad SMARTS) is 1. The molecule has 1 aliphatic heterocycles. The van der Waals surface area contributed by atoms with Gasteiger partial charge in [0.15, 0.2) is 11.5 Å². The van der Waals surface area contributed by atoms with Gasteiger partial charge in [0.05, 0.1) is 25.4 Å². The zero-order chi connectivity index (χ0) is 27.0. The van der Waals surface area contributed by atoms with Crippen LogP contribution < -0.4 is 20.1 Å². The van der Waals surface area contributed by atoms with Crippen molar-refractivity contribution in [3.63, 3.8) is 0 Å². The van der Waals surface area contributed by atoms with E-state index >= 15 is 0 Å². The van der Waals surface area contributed by atoms with Crippen molar-refractivity contribution in [2.75, 3.05) is 37.0 Å². The number of carboxylic acids is 1. The second kappa shape index (κ2) is 12.8. The first-order chi connectivity index (χ1) is 16.8. The van der Waals surface area contributed by atoms with Gasteiger partial charge in [0.2, 0.25) is 5.95 Å². The van der Waals surface area contributed by atoms with Gasteiger partial charge in [0, 0.05) is 36.0 Å². The molecule has 0 aliphatic carbocycles. The van der Waals surface area contributed by atoms with E-state index in [4.69, 9.17) is 41.4 Å². The Morgan fingerprint density at radius 2 is 1.97 bits per heavy atom. The van der Waals surface area contributed by atoms with Crippen molar-refractivity contribution in [2.45, 2.75) is 52.4 Å². The summed E-state index contributed by atoms with van der Waals surface area (Å²) in [4.78, 5) is 19.7. The summed E-state index contributed by atoms with van der Waals surface area (Å²) in [6, 6.07) is 5.58. The molecular weight excluding hydrogens is 505 g/mol. The van der Waals surface area contributed by atoms with Crippen LogP contribution in [0.4, 0.5) is 24.9 Å². The fourth-order valence-corrected chi connectivity index (χ4v) is 3.73. The van der Waals surface area contributed by atoms with Crippen LogP contribution in [-0.4, -0.2) is 59.7 Å². The Hall–Kier alpha value is -2.99. The lowest BCUT2D eigenvalue weighted by atomic mass is 10.0. The third-order valence-corrected chi connectivity index (χ3v) is 5.15. The molecule has 1 aromatic carbocycles. The molecule has 1 fully saturated rings. The summed E-state index contributed by atoms with van der Waals surface area (Å²) in [6.45, 7) is 10.3. The van der Waals surface area contributed by atoms with Crippen LogP contribution in [0.25, 0.3) is 0 Å². The van der Waals surface area contributed by atoms with Gasteiger partial charge in [-0.1, -0.05) is 11.6 Å². The van der Waals surface area contributed by atoms with Gasteiger partial charge in [-0.25, -0.2) is 9.78 Å². The number of nitrogens with two attached hydrogens (primary N) is 1. The Kier molecular flexibility index (Phi) is 10.4. The second-order valence-electron chi connectivity index (χ2n) is 8.09. The maximum absolute atomic E-state index is 10.6. The van der Waals surface area contributed by atoms with Gasteiger partial charge >= 0.3 is 12.1 Å². The predicted octanol–water partition coefficient (Wildman–Crippen LogP) is 4.81.